The Hall–Kier alpha value is -3.37. The van der Waals surface area contributed by atoms with Crippen molar-refractivity contribution in [3.63, 3.8) is 0 Å². The molecule has 28 heavy (non-hydrogen) atoms. The molecule has 1 aliphatic carbocycles. The smallest absolute Gasteiger partial charge is 0.268 e. The van der Waals surface area contributed by atoms with Crippen molar-refractivity contribution in [3.8, 4) is 5.69 Å². The Bertz CT molecular complexity index is 1460. The minimum Gasteiger partial charge on any atom is -0.343 e. The Kier molecular flexibility index (Phi) is 3.64. The number of rotatable bonds is 2. The van der Waals surface area contributed by atoms with E-state index in [0.717, 1.165) is 22.5 Å². The largest absolute Gasteiger partial charge is 0.343 e. The van der Waals surface area contributed by atoms with Crippen LogP contribution >= 0.6 is 11.6 Å². The van der Waals surface area contributed by atoms with Gasteiger partial charge in [-0.1, -0.05) is 48.0 Å². The van der Waals surface area contributed by atoms with Crippen LogP contribution in [0.4, 0.5) is 0 Å². The molecule has 2 aromatic carbocycles. The standard InChI is InChI=1S/C23H15ClN2O2/c1-25-18-11-10-15(24)12-17(18)22(27)21-20(25)13-19(14-6-5-7-14)26(23(21)28)16-8-3-2-4-9-16/h2-13H,1H3. The maximum absolute atomic E-state index is 13.6. The molecule has 2 heterocycles. The summed E-state index contributed by atoms with van der Waals surface area (Å²) in [5.41, 5.74) is 3.14. The van der Waals surface area contributed by atoms with Gasteiger partial charge < -0.3 is 4.57 Å². The zero-order valence-corrected chi connectivity index (χ0v) is 15.8. The van der Waals surface area contributed by atoms with Crippen molar-refractivity contribution in [2.75, 3.05) is 0 Å². The molecular formula is C23H15ClN2O2. The Morgan fingerprint density at radius 3 is 2.36 bits per heavy atom. The highest BCUT2D eigenvalue weighted by atomic mass is 35.5. The van der Waals surface area contributed by atoms with Crippen LogP contribution in [0.3, 0.4) is 0 Å². The lowest BCUT2D eigenvalue weighted by Gasteiger charge is -2.19. The van der Waals surface area contributed by atoms with Gasteiger partial charge in [-0.2, -0.15) is 0 Å². The number of pyridine rings is 2. The summed E-state index contributed by atoms with van der Waals surface area (Å²) >= 11 is 6.11. The first-order chi connectivity index (χ1) is 13.6. The molecule has 136 valence electrons. The molecule has 4 nitrogen and oxygen atoms in total. The van der Waals surface area contributed by atoms with Crippen LogP contribution in [0.1, 0.15) is 5.69 Å². The highest BCUT2D eigenvalue weighted by Crippen LogP contribution is 2.27. The van der Waals surface area contributed by atoms with Crippen molar-refractivity contribution >= 4 is 39.0 Å². The van der Waals surface area contributed by atoms with E-state index in [4.69, 9.17) is 11.6 Å². The highest BCUT2D eigenvalue weighted by Gasteiger charge is 2.19. The van der Waals surface area contributed by atoms with E-state index in [9.17, 15) is 9.59 Å². The van der Waals surface area contributed by atoms with Gasteiger partial charge in [0, 0.05) is 23.1 Å². The van der Waals surface area contributed by atoms with E-state index in [2.05, 4.69) is 0 Å². The summed E-state index contributed by atoms with van der Waals surface area (Å²) < 4.78 is 3.49. The van der Waals surface area contributed by atoms with Crippen molar-refractivity contribution in [1.82, 2.24) is 9.13 Å². The third-order valence-electron chi connectivity index (χ3n) is 5.20. The molecule has 1 aliphatic rings. The lowest BCUT2D eigenvalue weighted by molar-refractivity contribution is 0.955. The number of aryl methyl sites for hydroxylation is 1. The second kappa shape index (κ2) is 6.08. The zero-order chi connectivity index (χ0) is 19.4. The molecule has 0 fully saturated rings. The van der Waals surface area contributed by atoms with E-state index in [1.54, 1.807) is 16.7 Å². The fraction of sp³-hybridized carbons (Fsp3) is 0.0435. The third-order valence-corrected chi connectivity index (χ3v) is 5.44. The van der Waals surface area contributed by atoms with Crippen LogP contribution in [0.15, 0.2) is 82.4 Å². The third kappa shape index (κ3) is 2.31. The number of hydrogen-bond donors (Lipinski definition) is 0. The lowest BCUT2D eigenvalue weighted by Crippen LogP contribution is -2.28. The summed E-state index contributed by atoms with van der Waals surface area (Å²) in [5, 5.41) is 1.07. The SMILES string of the molecule is Cn1c2ccc(Cl)cc2c(=O)c2c(=O)n(-c3ccccc3)c(C3=CC=C3)cc21. The molecule has 0 spiro atoms. The first-order valence-corrected chi connectivity index (χ1v) is 9.26. The van der Waals surface area contributed by atoms with E-state index in [1.165, 1.54) is 0 Å². The molecule has 0 bridgehead atoms. The number of nitrogens with zero attached hydrogens (tertiary/aromatic N) is 2. The average molecular weight is 387 g/mol. The normalized spacial score (nSPS) is 13.0. The van der Waals surface area contributed by atoms with Gasteiger partial charge in [-0.05, 0) is 42.0 Å². The molecule has 4 aromatic rings. The Labute approximate surface area is 165 Å². The monoisotopic (exact) mass is 386 g/mol. The van der Waals surface area contributed by atoms with Gasteiger partial charge >= 0.3 is 0 Å². The number of fused-ring (bicyclic) bond motifs is 2. The predicted molar refractivity (Wildman–Crippen MR) is 114 cm³/mol. The second-order valence-electron chi connectivity index (χ2n) is 6.80. The van der Waals surface area contributed by atoms with E-state index in [-0.39, 0.29) is 16.4 Å². The topological polar surface area (TPSA) is 44.0 Å². The van der Waals surface area contributed by atoms with Gasteiger partial charge in [0.2, 0.25) is 5.43 Å². The van der Waals surface area contributed by atoms with Crippen LogP contribution in [0.5, 0.6) is 0 Å². The lowest BCUT2D eigenvalue weighted by atomic mass is 10.0. The summed E-state index contributed by atoms with van der Waals surface area (Å²) in [7, 11) is 1.86. The first-order valence-electron chi connectivity index (χ1n) is 8.88. The van der Waals surface area contributed by atoms with Gasteiger partial charge in [0.1, 0.15) is 5.39 Å². The molecule has 0 radical (unpaired) electrons. The van der Waals surface area contributed by atoms with Crippen molar-refractivity contribution in [1.29, 1.82) is 0 Å². The van der Waals surface area contributed by atoms with Crippen LogP contribution in [0.2, 0.25) is 5.02 Å². The number of benzene rings is 2. The van der Waals surface area contributed by atoms with E-state index in [0.29, 0.717) is 15.9 Å². The minimum atomic E-state index is -0.331. The Morgan fingerprint density at radius 2 is 1.68 bits per heavy atom. The molecule has 0 atom stereocenters. The first kappa shape index (κ1) is 16.8. The summed E-state index contributed by atoms with van der Waals surface area (Å²) in [6.45, 7) is 0. The van der Waals surface area contributed by atoms with Gasteiger partial charge in [0.15, 0.2) is 0 Å². The predicted octanol–water partition coefficient (Wildman–Crippen LogP) is 4.45. The molecule has 0 saturated carbocycles. The summed E-state index contributed by atoms with van der Waals surface area (Å²) in [6, 6.07) is 16.5. The van der Waals surface area contributed by atoms with Crippen LogP contribution in [-0.4, -0.2) is 9.13 Å². The molecule has 5 rings (SSSR count). The Balaban J connectivity index is 2.02. The Morgan fingerprint density at radius 1 is 0.929 bits per heavy atom. The van der Waals surface area contributed by atoms with E-state index in [1.807, 2.05) is 72.3 Å². The molecule has 0 N–H and O–H groups in total. The second-order valence-corrected chi connectivity index (χ2v) is 7.23. The van der Waals surface area contributed by atoms with Crippen LogP contribution in [-0.2, 0) is 7.05 Å². The zero-order valence-electron chi connectivity index (χ0n) is 15.0. The molecule has 5 heteroatoms. The van der Waals surface area contributed by atoms with E-state index < -0.39 is 0 Å². The molecule has 0 saturated heterocycles. The van der Waals surface area contributed by atoms with Crippen LogP contribution in [0, 0.1) is 0 Å². The molecular weight excluding hydrogens is 372 g/mol. The van der Waals surface area contributed by atoms with Gasteiger partial charge in [-0.15, -0.1) is 0 Å². The highest BCUT2D eigenvalue weighted by molar-refractivity contribution is 6.31. The summed E-state index contributed by atoms with van der Waals surface area (Å²) in [6.07, 6.45) is 5.85. The fourth-order valence-corrected chi connectivity index (χ4v) is 3.90. The fourth-order valence-electron chi connectivity index (χ4n) is 3.73. The number of para-hydroxylation sites is 1. The van der Waals surface area contributed by atoms with Gasteiger partial charge in [0.05, 0.1) is 16.7 Å². The van der Waals surface area contributed by atoms with Crippen LogP contribution < -0.4 is 11.0 Å². The van der Waals surface area contributed by atoms with Gasteiger partial charge in [0.25, 0.3) is 5.56 Å². The number of aromatic nitrogens is 2. The van der Waals surface area contributed by atoms with Crippen LogP contribution in [0.25, 0.3) is 33.1 Å². The molecule has 0 unspecified atom stereocenters. The number of hydrogen-bond acceptors (Lipinski definition) is 2. The van der Waals surface area contributed by atoms with Crippen molar-refractivity contribution in [2.45, 2.75) is 0 Å². The number of allylic oxidation sites excluding steroid dienone is 4. The van der Waals surface area contributed by atoms with E-state index >= 15 is 0 Å². The molecule has 0 amide bonds. The minimum absolute atomic E-state index is 0.161. The summed E-state index contributed by atoms with van der Waals surface area (Å²) in [4.78, 5) is 26.8. The maximum atomic E-state index is 13.6. The molecule has 0 aliphatic heterocycles. The summed E-state index contributed by atoms with van der Waals surface area (Å²) in [5.74, 6) is 0. The average Bonchev–Trinajstić information content (AvgIpc) is 2.65. The van der Waals surface area contributed by atoms with Crippen molar-refractivity contribution in [3.05, 3.63) is 104 Å². The van der Waals surface area contributed by atoms with Gasteiger partial charge in [-0.25, -0.2) is 0 Å². The van der Waals surface area contributed by atoms with Crippen molar-refractivity contribution < 1.29 is 0 Å². The quantitative estimate of drug-likeness (QED) is 0.478. The number of halogens is 1. The van der Waals surface area contributed by atoms with Crippen molar-refractivity contribution in [2.24, 2.45) is 7.05 Å². The van der Waals surface area contributed by atoms with Gasteiger partial charge in [-0.3, -0.25) is 14.2 Å². The molecule has 2 aromatic heterocycles. The maximum Gasteiger partial charge on any atom is 0.268 e.